The predicted octanol–water partition coefficient (Wildman–Crippen LogP) is 4.09. The maximum atomic E-state index is 13.2. The fourth-order valence-corrected chi connectivity index (χ4v) is 4.38. The van der Waals surface area contributed by atoms with Crippen LogP contribution in [0.15, 0.2) is 18.2 Å². The van der Waals surface area contributed by atoms with E-state index in [-0.39, 0.29) is 5.82 Å². The molecule has 3 atom stereocenters. The van der Waals surface area contributed by atoms with Crippen molar-refractivity contribution in [3.63, 3.8) is 0 Å². The van der Waals surface area contributed by atoms with E-state index in [1.807, 2.05) is 13.0 Å². The number of halogens is 1. The smallest absolute Gasteiger partial charge is 0.123 e. The third-order valence-corrected chi connectivity index (χ3v) is 5.40. The van der Waals surface area contributed by atoms with Crippen molar-refractivity contribution in [1.29, 1.82) is 0 Å². The monoisotopic (exact) mass is 275 g/mol. The van der Waals surface area contributed by atoms with Crippen molar-refractivity contribution in [2.24, 2.45) is 17.8 Å². The van der Waals surface area contributed by atoms with Crippen LogP contribution in [0.4, 0.5) is 4.39 Å². The van der Waals surface area contributed by atoms with Gasteiger partial charge in [0.2, 0.25) is 0 Å². The zero-order chi connectivity index (χ0) is 14.1. The number of rotatable bonds is 5. The van der Waals surface area contributed by atoms with E-state index in [0.29, 0.717) is 6.04 Å². The van der Waals surface area contributed by atoms with Crippen LogP contribution in [0, 0.1) is 30.5 Å². The number of hydrogen-bond acceptors (Lipinski definition) is 1. The van der Waals surface area contributed by atoms with Gasteiger partial charge in [0.1, 0.15) is 5.82 Å². The van der Waals surface area contributed by atoms with Crippen molar-refractivity contribution in [3.05, 3.63) is 35.1 Å². The van der Waals surface area contributed by atoms with Crippen LogP contribution >= 0.6 is 0 Å². The second kappa shape index (κ2) is 5.85. The Bertz CT molecular complexity index is 458. The van der Waals surface area contributed by atoms with E-state index in [9.17, 15) is 4.39 Å². The number of nitrogens with one attached hydrogen (secondary N) is 1. The first-order valence-electron chi connectivity index (χ1n) is 8.19. The fourth-order valence-electron chi connectivity index (χ4n) is 4.38. The Kier molecular flexibility index (Phi) is 4.11. The Balaban J connectivity index is 1.71. The molecule has 1 aromatic carbocycles. The summed E-state index contributed by atoms with van der Waals surface area (Å²) in [6, 6.07) is 5.82. The normalized spacial score (nSPS) is 29.9. The lowest BCUT2D eigenvalue weighted by Gasteiger charge is -2.20. The van der Waals surface area contributed by atoms with E-state index < -0.39 is 0 Å². The van der Waals surface area contributed by atoms with Crippen molar-refractivity contribution >= 4 is 0 Å². The van der Waals surface area contributed by atoms with Crippen LogP contribution in [0.3, 0.4) is 0 Å². The molecule has 3 unspecified atom stereocenters. The summed E-state index contributed by atoms with van der Waals surface area (Å²) in [6.07, 6.45) is 6.76. The van der Waals surface area contributed by atoms with E-state index in [2.05, 4.69) is 12.2 Å². The van der Waals surface area contributed by atoms with E-state index in [4.69, 9.17) is 0 Å². The summed E-state index contributed by atoms with van der Waals surface area (Å²) in [5.41, 5.74) is 2.40. The van der Waals surface area contributed by atoms with Gasteiger partial charge in [-0.2, -0.15) is 0 Å². The van der Waals surface area contributed by atoms with Gasteiger partial charge in [0.15, 0.2) is 0 Å². The molecule has 3 rings (SSSR count). The molecule has 2 aliphatic carbocycles. The first-order valence-corrected chi connectivity index (χ1v) is 8.19. The van der Waals surface area contributed by atoms with Crippen molar-refractivity contribution in [2.45, 2.75) is 52.0 Å². The van der Waals surface area contributed by atoms with Crippen LogP contribution in [-0.2, 0) is 6.42 Å². The molecular weight excluding hydrogens is 249 g/mol. The van der Waals surface area contributed by atoms with Crippen LogP contribution in [-0.4, -0.2) is 12.6 Å². The molecule has 2 aliphatic rings. The topological polar surface area (TPSA) is 12.0 Å². The van der Waals surface area contributed by atoms with E-state index in [1.54, 1.807) is 12.1 Å². The second-order valence-electron chi connectivity index (χ2n) is 6.63. The van der Waals surface area contributed by atoms with E-state index >= 15 is 0 Å². The average molecular weight is 275 g/mol. The number of fused-ring (bicyclic) bond motifs is 1. The molecule has 1 N–H and O–H groups in total. The quantitative estimate of drug-likeness (QED) is 0.853. The first-order chi connectivity index (χ1) is 9.70. The molecule has 110 valence electrons. The van der Waals surface area contributed by atoms with Gasteiger partial charge in [-0.1, -0.05) is 25.8 Å². The minimum Gasteiger partial charge on any atom is -0.314 e. The number of likely N-dealkylation sites (N-methyl/N-ethyl adjacent to an activating group) is 1. The Morgan fingerprint density at radius 2 is 1.95 bits per heavy atom. The standard InChI is InChI=1S/C18H26FN/c1-3-20-17(18-15-6-4-5-7-16(15)18)11-13-8-9-14(19)10-12(13)2/h8-10,15-18,20H,3-7,11H2,1-2H3. The summed E-state index contributed by atoms with van der Waals surface area (Å²) >= 11 is 0. The van der Waals surface area contributed by atoms with Crippen molar-refractivity contribution < 1.29 is 4.39 Å². The third-order valence-electron chi connectivity index (χ3n) is 5.40. The Labute approximate surface area is 122 Å². The maximum Gasteiger partial charge on any atom is 0.123 e. The highest BCUT2D eigenvalue weighted by molar-refractivity contribution is 5.28. The zero-order valence-corrected chi connectivity index (χ0v) is 12.7. The fraction of sp³-hybridized carbons (Fsp3) is 0.667. The first kappa shape index (κ1) is 14.1. The van der Waals surface area contributed by atoms with Crippen molar-refractivity contribution in [2.75, 3.05) is 6.54 Å². The highest BCUT2D eigenvalue weighted by Crippen LogP contribution is 2.57. The lowest BCUT2D eigenvalue weighted by molar-refractivity contribution is 0.436. The molecule has 2 fully saturated rings. The molecular formula is C18H26FN. The predicted molar refractivity (Wildman–Crippen MR) is 81.2 cm³/mol. The number of benzene rings is 1. The van der Waals surface area contributed by atoms with Gasteiger partial charge >= 0.3 is 0 Å². The van der Waals surface area contributed by atoms with E-state index in [0.717, 1.165) is 36.3 Å². The lowest BCUT2D eigenvalue weighted by Crippen LogP contribution is -2.34. The highest BCUT2D eigenvalue weighted by atomic mass is 19.1. The van der Waals surface area contributed by atoms with Gasteiger partial charge in [0.25, 0.3) is 0 Å². The van der Waals surface area contributed by atoms with Crippen LogP contribution in [0.25, 0.3) is 0 Å². The molecule has 0 heterocycles. The molecule has 1 nitrogen and oxygen atoms in total. The molecule has 0 aromatic heterocycles. The molecule has 0 spiro atoms. The maximum absolute atomic E-state index is 13.2. The van der Waals surface area contributed by atoms with Gasteiger partial charge in [-0.15, -0.1) is 0 Å². The minimum absolute atomic E-state index is 0.119. The molecule has 2 saturated carbocycles. The van der Waals surface area contributed by atoms with Crippen LogP contribution in [0.5, 0.6) is 0 Å². The molecule has 20 heavy (non-hydrogen) atoms. The summed E-state index contributed by atoms with van der Waals surface area (Å²) in [4.78, 5) is 0. The van der Waals surface area contributed by atoms with Crippen molar-refractivity contribution in [3.8, 4) is 0 Å². The second-order valence-corrected chi connectivity index (χ2v) is 6.63. The molecule has 0 aliphatic heterocycles. The highest BCUT2D eigenvalue weighted by Gasteiger charge is 2.53. The van der Waals surface area contributed by atoms with Crippen LogP contribution < -0.4 is 5.32 Å². The number of aryl methyl sites for hydroxylation is 1. The van der Waals surface area contributed by atoms with Gasteiger partial charge in [-0.3, -0.25) is 0 Å². The Morgan fingerprint density at radius 1 is 1.25 bits per heavy atom. The minimum atomic E-state index is -0.119. The van der Waals surface area contributed by atoms with Crippen molar-refractivity contribution in [1.82, 2.24) is 5.32 Å². The van der Waals surface area contributed by atoms with Gasteiger partial charge < -0.3 is 5.32 Å². The van der Waals surface area contributed by atoms with Crippen LogP contribution in [0.2, 0.25) is 0 Å². The van der Waals surface area contributed by atoms with Crippen LogP contribution in [0.1, 0.15) is 43.7 Å². The van der Waals surface area contributed by atoms with Gasteiger partial charge in [-0.25, -0.2) is 4.39 Å². The molecule has 2 heteroatoms. The SMILES string of the molecule is CCNC(Cc1ccc(F)cc1C)C1C2CCCCC21. The summed E-state index contributed by atoms with van der Waals surface area (Å²) in [5, 5.41) is 3.70. The third kappa shape index (κ3) is 2.76. The summed E-state index contributed by atoms with van der Waals surface area (Å²) in [5.74, 6) is 2.68. The molecule has 0 amide bonds. The molecule has 0 bridgehead atoms. The Morgan fingerprint density at radius 3 is 2.55 bits per heavy atom. The van der Waals surface area contributed by atoms with Gasteiger partial charge in [0, 0.05) is 6.04 Å². The number of hydrogen-bond donors (Lipinski definition) is 1. The lowest BCUT2D eigenvalue weighted by atomic mass is 9.96. The zero-order valence-electron chi connectivity index (χ0n) is 12.7. The molecule has 1 aromatic rings. The largest absolute Gasteiger partial charge is 0.314 e. The molecule has 0 radical (unpaired) electrons. The van der Waals surface area contributed by atoms with Gasteiger partial charge in [-0.05, 0) is 73.7 Å². The van der Waals surface area contributed by atoms with Gasteiger partial charge in [0.05, 0.1) is 0 Å². The average Bonchev–Trinajstić information content (AvgIpc) is 3.15. The summed E-state index contributed by atoms with van der Waals surface area (Å²) in [6.45, 7) is 5.25. The summed E-state index contributed by atoms with van der Waals surface area (Å²) < 4.78 is 13.2. The Hall–Kier alpha value is -0.890. The molecule has 0 saturated heterocycles. The summed E-state index contributed by atoms with van der Waals surface area (Å²) in [7, 11) is 0. The van der Waals surface area contributed by atoms with E-state index in [1.165, 1.54) is 31.2 Å².